The molecule has 94 valence electrons. The van der Waals surface area contributed by atoms with Gasteiger partial charge in [-0.2, -0.15) is 0 Å². The van der Waals surface area contributed by atoms with E-state index in [0.29, 0.717) is 11.3 Å². The maximum atomic E-state index is 13.1. The molecule has 4 nitrogen and oxygen atoms in total. The van der Waals surface area contributed by atoms with Gasteiger partial charge >= 0.3 is 0 Å². The van der Waals surface area contributed by atoms with Gasteiger partial charge in [0.05, 0.1) is 0 Å². The Morgan fingerprint density at radius 3 is 2.65 bits per heavy atom. The van der Waals surface area contributed by atoms with Crippen molar-refractivity contribution in [2.24, 2.45) is 5.73 Å². The topological polar surface area (TPSA) is 64.3 Å². The minimum atomic E-state index is -0.695. The van der Waals surface area contributed by atoms with Crippen molar-refractivity contribution in [2.75, 3.05) is 7.05 Å². The monoisotopic (exact) mass is 240 g/mol. The molecule has 0 spiro atoms. The molecule has 0 bridgehead atoms. The molecule has 0 heterocycles. The minimum absolute atomic E-state index is 0.273. The Kier molecular flexibility index (Phi) is 4.45. The summed E-state index contributed by atoms with van der Waals surface area (Å²) in [7, 11) is 1.51. The number of hydrogen-bond donors (Lipinski definition) is 2. The normalized spacial score (nSPS) is 13.9. The second-order valence-electron chi connectivity index (χ2n) is 3.85. The number of hydrogen-bond acceptors (Lipinski definition) is 3. The Morgan fingerprint density at radius 1 is 1.47 bits per heavy atom. The summed E-state index contributed by atoms with van der Waals surface area (Å²) in [4.78, 5) is 11.3. The molecule has 0 saturated carbocycles. The Hall–Kier alpha value is -1.62. The summed E-state index contributed by atoms with van der Waals surface area (Å²) < 4.78 is 18.5. The van der Waals surface area contributed by atoms with Crippen LogP contribution in [-0.4, -0.2) is 19.1 Å². The average Bonchev–Trinajstić information content (AvgIpc) is 2.27. The molecular formula is C12H17FN2O2. The quantitative estimate of drug-likeness (QED) is 0.835. The van der Waals surface area contributed by atoms with Gasteiger partial charge in [-0.1, -0.05) is 6.07 Å². The van der Waals surface area contributed by atoms with Gasteiger partial charge in [-0.3, -0.25) is 4.79 Å². The lowest BCUT2D eigenvalue weighted by Gasteiger charge is -2.18. The molecule has 0 aromatic heterocycles. The molecule has 1 amide bonds. The molecule has 5 heteroatoms. The van der Waals surface area contributed by atoms with Crippen LogP contribution in [0, 0.1) is 5.82 Å². The van der Waals surface area contributed by atoms with Crippen molar-refractivity contribution >= 4 is 5.91 Å². The largest absolute Gasteiger partial charge is 0.480 e. The first-order valence-electron chi connectivity index (χ1n) is 5.39. The molecule has 3 N–H and O–H groups in total. The van der Waals surface area contributed by atoms with E-state index >= 15 is 0 Å². The predicted molar refractivity (Wildman–Crippen MR) is 63.2 cm³/mol. The van der Waals surface area contributed by atoms with Crippen LogP contribution in [0.5, 0.6) is 5.75 Å². The molecular weight excluding hydrogens is 223 g/mol. The van der Waals surface area contributed by atoms with Crippen molar-refractivity contribution in [3.05, 3.63) is 29.6 Å². The Bertz CT molecular complexity index is 407. The molecule has 2 atom stereocenters. The highest BCUT2D eigenvalue weighted by Crippen LogP contribution is 2.25. The molecule has 0 radical (unpaired) electrons. The third-order valence-electron chi connectivity index (χ3n) is 2.39. The summed E-state index contributed by atoms with van der Waals surface area (Å²) in [6.07, 6.45) is -0.695. The van der Waals surface area contributed by atoms with Crippen LogP contribution in [-0.2, 0) is 4.79 Å². The first kappa shape index (κ1) is 13.4. The second kappa shape index (κ2) is 5.63. The van der Waals surface area contributed by atoms with E-state index < -0.39 is 11.9 Å². The summed E-state index contributed by atoms with van der Waals surface area (Å²) in [5.74, 6) is -0.394. The fourth-order valence-electron chi connectivity index (χ4n) is 1.43. The lowest BCUT2D eigenvalue weighted by molar-refractivity contribution is -0.126. The molecule has 0 fully saturated rings. The van der Waals surface area contributed by atoms with E-state index in [0.717, 1.165) is 0 Å². The van der Waals surface area contributed by atoms with E-state index in [1.54, 1.807) is 19.9 Å². The molecule has 0 aliphatic rings. The summed E-state index contributed by atoms with van der Waals surface area (Å²) in [5, 5.41) is 2.46. The summed E-state index contributed by atoms with van der Waals surface area (Å²) in [6.45, 7) is 3.36. The van der Waals surface area contributed by atoms with Gasteiger partial charge in [0.25, 0.3) is 5.91 Å². The number of halogens is 1. The van der Waals surface area contributed by atoms with Gasteiger partial charge < -0.3 is 15.8 Å². The van der Waals surface area contributed by atoms with Crippen LogP contribution in [0.3, 0.4) is 0 Å². The number of nitrogens with two attached hydrogens (primary N) is 1. The van der Waals surface area contributed by atoms with Gasteiger partial charge in [-0.15, -0.1) is 0 Å². The number of nitrogens with one attached hydrogen (secondary N) is 1. The highest BCUT2D eigenvalue weighted by Gasteiger charge is 2.16. The number of carbonyl (C=O) groups excluding carboxylic acids is 1. The zero-order chi connectivity index (χ0) is 13.0. The standard InChI is InChI=1S/C12H17FN2O2/c1-7(14)10-5-4-9(13)6-11(10)17-8(2)12(16)15-3/h4-8H,14H2,1-3H3,(H,15,16). The van der Waals surface area contributed by atoms with Gasteiger partial charge in [0, 0.05) is 24.7 Å². The van der Waals surface area contributed by atoms with Crippen molar-refractivity contribution in [1.29, 1.82) is 0 Å². The number of ether oxygens (including phenoxy) is 1. The van der Waals surface area contributed by atoms with E-state index in [9.17, 15) is 9.18 Å². The van der Waals surface area contributed by atoms with Gasteiger partial charge in [-0.25, -0.2) is 4.39 Å². The third-order valence-corrected chi connectivity index (χ3v) is 2.39. The highest BCUT2D eigenvalue weighted by molar-refractivity contribution is 5.80. The van der Waals surface area contributed by atoms with Crippen molar-refractivity contribution in [2.45, 2.75) is 26.0 Å². The van der Waals surface area contributed by atoms with E-state index in [1.807, 2.05) is 0 Å². The van der Waals surface area contributed by atoms with Crippen molar-refractivity contribution in [3.63, 3.8) is 0 Å². The number of amides is 1. The van der Waals surface area contributed by atoms with Crippen LogP contribution in [0.1, 0.15) is 25.5 Å². The molecule has 0 saturated heterocycles. The van der Waals surface area contributed by atoms with Crippen LogP contribution in [0.2, 0.25) is 0 Å². The Morgan fingerprint density at radius 2 is 2.12 bits per heavy atom. The maximum absolute atomic E-state index is 13.1. The van der Waals surface area contributed by atoms with Crippen molar-refractivity contribution in [3.8, 4) is 5.75 Å². The van der Waals surface area contributed by atoms with Crippen LogP contribution in [0.4, 0.5) is 4.39 Å². The van der Waals surface area contributed by atoms with Crippen LogP contribution < -0.4 is 15.8 Å². The zero-order valence-electron chi connectivity index (χ0n) is 10.2. The fourth-order valence-corrected chi connectivity index (χ4v) is 1.43. The first-order chi connectivity index (χ1) is 7.95. The van der Waals surface area contributed by atoms with E-state index in [2.05, 4.69) is 5.32 Å². The second-order valence-corrected chi connectivity index (χ2v) is 3.85. The zero-order valence-corrected chi connectivity index (χ0v) is 10.2. The fraction of sp³-hybridized carbons (Fsp3) is 0.417. The van der Waals surface area contributed by atoms with Crippen molar-refractivity contribution < 1.29 is 13.9 Å². The molecule has 2 unspecified atom stereocenters. The smallest absolute Gasteiger partial charge is 0.260 e. The Balaban J connectivity index is 2.96. The lowest BCUT2D eigenvalue weighted by atomic mass is 10.1. The number of likely N-dealkylation sites (N-methyl/N-ethyl adjacent to an activating group) is 1. The maximum Gasteiger partial charge on any atom is 0.260 e. The van der Waals surface area contributed by atoms with Gasteiger partial charge in [0.1, 0.15) is 11.6 Å². The molecule has 1 aromatic rings. The molecule has 1 rings (SSSR count). The van der Waals surface area contributed by atoms with Gasteiger partial charge in [-0.05, 0) is 19.9 Å². The average molecular weight is 240 g/mol. The first-order valence-corrected chi connectivity index (χ1v) is 5.39. The van der Waals surface area contributed by atoms with Crippen LogP contribution >= 0.6 is 0 Å². The van der Waals surface area contributed by atoms with E-state index in [-0.39, 0.29) is 11.9 Å². The number of carbonyl (C=O) groups is 1. The summed E-state index contributed by atoms with van der Waals surface area (Å²) in [5.41, 5.74) is 6.41. The van der Waals surface area contributed by atoms with Crippen LogP contribution in [0.15, 0.2) is 18.2 Å². The van der Waals surface area contributed by atoms with Crippen LogP contribution in [0.25, 0.3) is 0 Å². The highest BCUT2D eigenvalue weighted by atomic mass is 19.1. The molecule has 17 heavy (non-hydrogen) atoms. The van der Waals surface area contributed by atoms with Gasteiger partial charge in [0.15, 0.2) is 6.10 Å². The number of benzene rings is 1. The van der Waals surface area contributed by atoms with Crippen molar-refractivity contribution in [1.82, 2.24) is 5.32 Å². The van der Waals surface area contributed by atoms with Gasteiger partial charge in [0.2, 0.25) is 0 Å². The molecule has 0 aliphatic carbocycles. The predicted octanol–water partition coefficient (Wildman–Crippen LogP) is 1.36. The third kappa shape index (κ3) is 3.42. The summed E-state index contributed by atoms with van der Waals surface area (Å²) in [6, 6.07) is 3.82. The van der Waals surface area contributed by atoms with E-state index in [1.165, 1.54) is 19.2 Å². The number of rotatable bonds is 4. The molecule has 1 aromatic carbocycles. The Labute approximate surface area is 100.0 Å². The SMILES string of the molecule is CNC(=O)C(C)Oc1cc(F)ccc1C(C)N. The lowest BCUT2D eigenvalue weighted by Crippen LogP contribution is -2.34. The summed E-state index contributed by atoms with van der Waals surface area (Å²) >= 11 is 0. The van der Waals surface area contributed by atoms with E-state index in [4.69, 9.17) is 10.5 Å². The minimum Gasteiger partial charge on any atom is -0.480 e. The molecule has 0 aliphatic heterocycles.